The quantitative estimate of drug-likeness (QED) is 0.738. The molecule has 3 nitrogen and oxygen atoms in total. The van der Waals surface area contributed by atoms with Crippen LogP contribution in [0.4, 0.5) is 4.39 Å². The lowest BCUT2D eigenvalue weighted by atomic mass is 10.1. The maximum atomic E-state index is 13.5. The van der Waals surface area contributed by atoms with Gasteiger partial charge in [-0.1, -0.05) is 0 Å². The second kappa shape index (κ2) is 6.85. The molecule has 1 aliphatic rings. The Labute approximate surface area is 132 Å². The Morgan fingerprint density at radius 1 is 1.47 bits per heavy atom. The standard InChI is InChI=1S/C13H16FIN2O.ClH/c1-8-9(2)17(6-5-16-8)13(18)10-3-4-12(15)11(14)7-10;/h3-4,7-9,16H,5-6H2,1-2H3;1H. The molecular formula is C13H17ClFIN2O. The van der Waals surface area contributed by atoms with Crippen molar-refractivity contribution >= 4 is 40.9 Å². The summed E-state index contributed by atoms with van der Waals surface area (Å²) in [6.07, 6.45) is 0. The summed E-state index contributed by atoms with van der Waals surface area (Å²) in [4.78, 5) is 14.2. The van der Waals surface area contributed by atoms with Crippen molar-refractivity contribution in [3.63, 3.8) is 0 Å². The van der Waals surface area contributed by atoms with Gasteiger partial charge in [-0.15, -0.1) is 12.4 Å². The molecule has 106 valence electrons. The van der Waals surface area contributed by atoms with Gasteiger partial charge in [0.1, 0.15) is 5.82 Å². The largest absolute Gasteiger partial charge is 0.333 e. The first-order valence-corrected chi connectivity index (χ1v) is 7.08. The van der Waals surface area contributed by atoms with Crippen LogP contribution in [0.25, 0.3) is 0 Å². The van der Waals surface area contributed by atoms with Gasteiger partial charge in [0.05, 0.1) is 0 Å². The predicted molar refractivity (Wildman–Crippen MR) is 84.3 cm³/mol. The number of rotatable bonds is 1. The van der Waals surface area contributed by atoms with E-state index >= 15 is 0 Å². The number of carbonyl (C=O) groups is 1. The smallest absolute Gasteiger partial charge is 0.254 e. The number of nitrogens with one attached hydrogen (secondary N) is 1. The summed E-state index contributed by atoms with van der Waals surface area (Å²) in [7, 11) is 0. The van der Waals surface area contributed by atoms with Gasteiger partial charge in [-0.25, -0.2) is 4.39 Å². The Balaban J connectivity index is 0.00000180. The Morgan fingerprint density at radius 2 is 2.16 bits per heavy atom. The van der Waals surface area contributed by atoms with Crippen LogP contribution in [-0.2, 0) is 0 Å². The minimum absolute atomic E-state index is 0. The zero-order chi connectivity index (χ0) is 13.3. The molecule has 2 atom stereocenters. The first kappa shape index (κ1) is 16.7. The normalized spacial score (nSPS) is 22.8. The maximum absolute atomic E-state index is 13.5. The average Bonchev–Trinajstić information content (AvgIpc) is 2.35. The highest BCUT2D eigenvalue weighted by atomic mass is 127. The molecule has 0 spiro atoms. The molecule has 1 saturated heterocycles. The van der Waals surface area contributed by atoms with E-state index in [1.54, 1.807) is 12.1 Å². The minimum Gasteiger partial charge on any atom is -0.333 e. The van der Waals surface area contributed by atoms with Crippen LogP contribution in [0.2, 0.25) is 0 Å². The van der Waals surface area contributed by atoms with E-state index in [9.17, 15) is 9.18 Å². The van der Waals surface area contributed by atoms with Gasteiger partial charge in [0, 0.05) is 34.3 Å². The second-order valence-corrected chi connectivity index (χ2v) is 5.77. The first-order valence-electron chi connectivity index (χ1n) is 6.00. The van der Waals surface area contributed by atoms with Gasteiger partial charge in [-0.05, 0) is 54.6 Å². The van der Waals surface area contributed by atoms with Crippen molar-refractivity contribution in [2.75, 3.05) is 13.1 Å². The molecule has 2 unspecified atom stereocenters. The van der Waals surface area contributed by atoms with E-state index in [1.807, 2.05) is 34.4 Å². The number of piperazine rings is 1. The number of carbonyl (C=O) groups excluding carboxylic acids is 1. The lowest BCUT2D eigenvalue weighted by Gasteiger charge is -2.38. The Morgan fingerprint density at radius 3 is 2.79 bits per heavy atom. The maximum Gasteiger partial charge on any atom is 0.254 e. The minimum atomic E-state index is -0.336. The van der Waals surface area contributed by atoms with Crippen LogP contribution >= 0.6 is 35.0 Å². The summed E-state index contributed by atoms with van der Waals surface area (Å²) in [6.45, 7) is 5.51. The summed E-state index contributed by atoms with van der Waals surface area (Å²) < 4.78 is 14.0. The Kier molecular flexibility index (Phi) is 6.01. The van der Waals surface area contributed by atoms with Crippen molar-refractivity contribution in [3.05, 3.63) is 33.1 Å². The third kappa shape index (κ3) is 3.58. The Hall–Kier alpha value is -0.400. The third-order valence-corrected chi connectivity index (χ3v) is 4.34. The molecule has 0 aliphatic carbocycles. The van der Waals surface area contributed by atoms with E-state index in [2.05, 4.69) is 12.2 Å². The van der Waals surface area contributed by atoms with Crippen LogP contribution in [0.3, 0.4) is 0 Å². The summed E-state index contributed by atoms with van der Waals surface area (Å²) in [5.74, 6) is -0.427. The van der Waals surface area contributed by atoms with Crippen molar-refractivity contribution in [3.8, 4) is 0 Å². The molecule has 0 bridgehead atoms. The van der Waals surface area contributed by atoms with E-state index in [-0.39, 0.29) is 36.2 Å². The van der Waals surface area contributed by atoms with Crippen LogP contribution in [0.5, 0.6) is 0 Å². The SMILES string of the molecule is CC1NCCN(C(=O)c2ccc(I)c(F)c2)C1C.Cl. The van der Waals surface area contributed by atoms with Crippen LogP contribution in [0.15, 0.2) is 18.2 Å². The zero-order valence-corrected chi connectivity index (χ0v) is 13.8. The van der Waals surface area contributed by atoms with Gasteiger partial charge < -0.3 is 10.2 Å². The molecule has 1 aliphatic heterocycles. The van der Waals surface area contributed by atoms with Gasteiger partial charge in [0.25, 0.3) is 5.91 Å². The number of amides is 1. The first-order chi connectivity index (χ1) is 8.50. The topological polar surface area (TPSA) is 32.3 Å². The van der Waals surface area contributed by atoms with Crippen molar-refractivity contribution in [2.24, 2.45) is 0 Å². The van der Waals surface area contributed by atoms with Crippen LogP contribution in [-0.4, -0.2) is 36.0 Å². The van der Waals surface area contributed by atoms with E-state index in [0.717, 1.165) is 6.54 Å². The summed E-state index contributed by atoms with van der Waals surface area (Å²) in [5.41, 5.74) is 0.425. The molecule has 1 heterocycles. The highest BCUT2D eigenvalue weighted by Gasteiger charge is 2.28. The van der Waals surface area contributed by atoms with E-state index < -0.39 is 0 Å². The van der Waals surface area contributed by atoms with Crippen molar-refractivity contribution in [1.29, 1.82) is 0 Å². The molecule has 19 heavy (non-hydrogen) atoms. The van der Waals surface area contributed by atoms with Crippen molar-refractivity contribution < 1.29 is 9.18 Å². The molecule has 0 radical (unpaired) electrons. The molecule has 1 amide bonds. The van der Waals surface area contributed by atoms with Crippen molar-refractivity contribution in [2.45, 2.75) is 25.9 Å². The van der Waals surface area contributed by atoms with Crippen LogP contribution in [0, 0.1) is 9.39 Å². The summed E-state index contributed by atoms with van der Waals surface area (Å²) >= 11 is 1.92. The number of hydrogen-bond donors (Lipinski definition) is 1. The highest BCUT2D eigenvalue weighted by molar-refractivity contribution is 14.1. The second-order valence-electron chi connectivity index (χ2n) is 4.61. The summed E-state index contributed by atoms with van der Waals surface area (Å²) in [6, 6.07) is 5.03. The molecule has 1 fully saturated rings. The molecule has 1 aromatic carbocycles. The average molecular weight is 399 g/mol. The lowest BCUT2D eigenvalue weighted by molar-refractivity contribution is 0.0602. The fourth-order valence-corrected chi connectivity index (χ4v) is 2.47. The molecular weight excluding hydrogens is 382 g/mol. The summed E-state index contributed by atoms with van der Waals surface area (Å²) in [5, 5.41) is 3.32. The molecule has 0 saturated carbocycles. The number of nitrogens with zero attached hydrogens (tertiary/aromatic N) is 1. The molecule has 1 aromatic rings. The van der Waals surface area contributed by atoms with Crippen molar-refractivity contribution in [1.82, 2.24) is 10.2 Å². The van der Waals surface area contributed by atoms with Gasteiger partial charge >= 0.3 is 0 Å². The molecule has 2 rings (SSSR count). The predicted octanol–water partition coefficient (Wildman–Crippen LogP) is 2.67. The van der Waals surface area contributed by atoms with E-state index in [4.69, 9.17) is 0 Å². The molecule has 1 N–H and O–H groups in total. The fourth-order valence-electron chi connectivity index (χ4n) is 2.14. The van der Waals surface area contributed by atoms with E-state index in [0.29, 0.717) is 15.7 Å². The Bertz CT molecular complexity index is 472. The fraction of sp³-hybridized carbons (Fsp3) is 0.462. The van der Waals surface area contributed by atoms with Gasteiger partial charge in [0.2, 0.25) is 0 Å². The van der Waals surface area contributed by atoms with E-state index in [1.165, 1.54) is 6.07 Å². The van der Waals surface area contributed by atoms with Gasteiger partial charge in [0.15, 0.2) is 0 Å². The number of hydrogen-bond acceptors (Lipinski definition) is 2. The van der Waals surface area contributed by atoms with Crippen LogP contribution < -0.4 is 5.32 Å². The monoisotopic (exact) mass is 398 g/mol. The third-order valence-electron chi connectivity index (χ3n) is 3.46. The highest BCUT2D eigenvalue weighted by Crippen LogP contribution is 2.17. The van der Waals surface area contributed by atoms with Crippen LogP contribution in [0.1, 0.15) is 24.2 Å². The zero-order valence-electron chi connectivity index (χ0n) is 10.8. The lowest BCUT2D eigenvalue weighted by Crippen LogP contribution is -2.57. The van der Waals surface area contributed by atoms with Gasteiger partial charge in [-0.2, -0.15) is 0 Å². The number of benzene rings is 1. The van der Waals surface area contributed by atoms with Gasteiger partial charge in [-0.3, -0.25) is 4.79 Å². The molecule has 6 heteroatoms. The number of halogens is 3. The molecule has 0 aromatic heterocycles.